The lowest BCUT2D eigenvalue weighted by Crippen LogP contribution is -2.39. The third-order valence-electron chi connectivity index (χ3n) is 4.12. The molecule has 0 amide bonds. The van der Waals surface area contributed by atoms with Gasteiger partial charge in [0.1, 0.15) is 0 Å². The molecule has 116 valence electrons. The van der Waals surface area contributed by atoms with E-state index in [0.717, 1.165) is 30.9 Å². The maximum Gasteiger partial charge on any atom is 0.0839 e. The van der Waals surface area contributed by atoms with Crippen LogP contribution >= 0.6 is 0 Å². The van der Waals surface area contributed by atoms with Crippen LogP contribution in [-0.2, 0) is 13.0 Å². The van der Waals surface area contributed by atoms with Crippen molar-refractivity contribution in [2.45, 2.75) is 26.0 Å². The van der Waals surface area contributed by atoms with Crippen molar-refractivity contribution in [3.8, 4) is 0 Å². The minimum atomic E-state index is -0.376. The number of aromatic nitrogens is 1. The van der Waals surface area contributed by atoms with E-state index < -0.39 is 0 Å². The minimum absolute atomic E-state index is 0.376. The summed E-state index contributed by atoms with van der Waals surface area (Å²) in [7, 11) is 0. The summed E-state index contributed by atoms with van der Waals surface area (Å²) in [6, 6.07) is 12.5. The number of aliphatic hydroxyl groups is 1. The van der Waals surface area contributed by atoms with Crippen LogP contribution < -0.4 is 5.32 Å². The van der Waals surface area contributed by atoms with E-state index in [2.05, 4.69) is 39.5 Å². The Bertz CT molecular complexity index is 629. The zero-order valence-corrected chi connectivity index (χ0v) is 13.0. The smallest absolute Gasteiger partial charge is 0.0839 e. The van der Waals surface area contributed by atoms with Crippen LogP contribution in [0.25, 0.3) is 0 Å². The van der Waals surface area contributed by atoms with E-state index in [4.69, 9.17) is 0 Å². The van der Waals surface area contributed by atoms with Crippen LogP contribution in [0.5, 0.6) is 0 Å². The summed E-state index contributed by atoms with van der Waals surface area (Å²) >= 11 is 0. The third-order valence-corrected chi connectivity index (χ3v) is 4.12. The highest BCUT2D eigenvalue weighted by atomic mass is 16.3. The molecule has 1 aromatic carbocycles. The zero-order valence-electron chi connectivity index (χ0n) is 13.0. The fourth-order valence-electron chi connectivity index (χ4n) is 2.96. The summed E-state index contributed by atoms with van der Waals surface area (Å²) in [6.45, 7) is 5.17. The van der Waals surface area contributed by atoms with E-state index in [0.29, 0.717) is 13.1 Å². The van der Waals surface area contributed by atoms with Crippen molar-refractivity contribution in [2.24, 2.45) is 0 Å². The van der Waals surface area contributed by atoms with E-state index in [1.165, 1.54) is 11.1 Å². The summed E-state index contributed by atoms with van der Waals surface area (Å²) in [5, 5.41) is 13.5. The predicted molar refractivity (Wildman–Crippen MR) is 88.9 cm³/mol. The van der Waals surface area contributed by atoms with Crippen molar-refractivity contribution in [1.29, 1.82) is 0 Å². The molecule has 0 spiro atoms. The number of nitrogens with zero attached hydrogens (tertiary/aromatic N) is 2. The highest BCUT2D eigenvalue weighted by Gasteiger charge is 2.18. The normalized spacial score (nSPS) is 16.1. The highest BCUT2D eigenvalue weighted by Crippen LogP contribution is 2.18. The molecular formula is C18H23N3O. The predicted octanol–water partition coefficient (Wildman–Crippen LogP) is 2.22. The van der Waals surface area contributed by atoms with E-state index in [1.807, 2.05) is 19.1 Å². The molecule has 0 unspecified atom stereocenters. The molecule has 1 aliphatic rings. The van der Waals surface area contributed by atoms with E-state index in [1.54, 1.807) is 6.20 Å². The Balaban J connectivity index is 1.49. The molecule has 0 saturated heterocycles. The van der Waals surface area contributed by atoms with Gasteiger partial charge in [0, 0.05) is 43.8 Å². The van der Waals surface area contributed by atoms with Crippen molar-refractivity contribution in [1.82, 2.24) is 9.88 Å². The molecule has 2 heterocycles. The quantitative estimate of drug-likeness (QED) is 0.888. The summed E-state index contributed by atoms with van der Waals surface area (Å²) in [6.07, 6.45) is 2.48. The van der Waals surface area contributed by atoms with Crippen LogP contribution in [-0.4, -0.2) is 40.7 Å². The number of β-amino-alcohol motifs (C(OH)–C–C–N with tert-alkyl or cyclic N) is 1. The average Bonchev–Trinajstić information content (AvgIpc) is 2.53. The molecule has 0 radical (unpaired) electrons. The Hall–Kier alpha value is -1.91. The lowest BCUT2D eigenvalue weighted by Gasteiger charge is -2.30. The first-order valence-electron chi connectivity index (χ1n) is 7.84. The van der Waals surface area contributed by atoms with Crippen molar-refractivity contribution in [3.05, 3.63) is 59.4 Å². The molecule has 1 atom stereocenters. The number of fused-ring (bicyclic) bond motifs is 1. The van der Waals surface area contributed by atoms with Gasteiger partial charge in [0.25, 0.3) is 0 Å². The molecule has 0 fully saturated rings. The number of rotatable bonds is 5. The second kappa shape index (κ2) is 6.90. The topological polar surface area (TPSA) is 48.4 Å². The average molecular weight is 297 g/mol. The molecule has 3 rings (SSSR count). The lowest BCUT2D eigenvalue weighted by molar-refractivity contribution is 0.114. The molecular weight excluding hydrogens is 274 g/mol. The summed E-state index contributed by atoms with van der Waals surface area (Å²) in [5.74, 6) is 0. The van der Waals surface area contributed by atoms with E-state index in [9.17, 15) is 5.11 Å². The Morgan fingerprint density at radius 3 is 2.91 bits per heavy atom. The Morgan fingerprint density at radius 1 is 1.27 bits per heavy atom. The maximum absolute atomic E-state index is 10.3. The Kier molecular flexibility index (Phi) is 4.71. The van der Waals surface area contributed by atoms with Crippen LogP contribution in [0.3, 0.4) is 0 Å². The first-order valence-corrected chi connectivity index (χ1v) is 7.84. The van der Waals surface area contributed by atoms with Crippen molar-refractivity contribution >= 4 is 5.69 Å². The van der Waals surface area contributed by atoms with Gasteiger partial charge >= 0.3 is 0 Å². The van der Waals surface area contributed by atoms with Gasteiger partial charge in [0.15, 0.2) is 0 Å². The van der Waals surface area contributed by atoms with Crippen LogP contribution in [0.4, 0.5) is 5.69 Å². The van der Waals surface area contributed by atoms with Gasteiger partial charge in [-0.25, -0.2) is 0 Å². The first kappa shape index (κ1) is 15.0. The molecule has 2 N–H and O–H groups in total. The second-order valence-corrected chi connectivity index (χ2v) is 5.97. The van der Waals surface area contributed by atoms with Gasteiger partial charge in [-0.2, -0.15) is 0 Å². The molecule has 1 aromatic heterocycles. The van der Waals surface area contributed by atoms with Crippen LogP contribution in [0.1, 0.15) is 16.8 Å². The van der Waals surface area contributed by atoms with Crippen molar-refractivity contribution in [2.75, 3.05) is 25.0 Å². The second-order valence-electron chi connectivity index (χ2n) is 5.97. The minimum Gasteiger partial charge on any atom is -0.390 e. The van der Waals surface area contributed by atoms with Gasteiger partial charge in [0.05, 0.1) is 6.10 Å². The monoisotopic (exact) mass is 297 g/mol. The van der Waals surface area contributed by atoms with E-state index in [-0.39, 0.29) is 6.10 Å². The third kappa shape index (κ3) is 3.84. The molecule has 4 heteroatoms. The fourth-order valence-corrected chi connectivity index (χ4v) is 2.96. The number of pyridine rings is 1. The molecule has 2 aromatic rings. The number of aliphatic hydroxyl groups excluding tert-OH is 1. The SMILES string of the molecule is Cc1cc(NC[C@H](O)CN2CCc3ccccc3C2)ccn1. The maximum atomic E-state index is 10.3. The summed E-state index contributed by atoms with van der Waals surface area (Å²) in [5.41, 5.74) is 4.82. The lowest BCUT2D eigenvalue weighted by atomic mass is 10.00. The summed E-state index contributed by atoms with van der Waals surface area (Å²) in [4.78, 5) is 6.50. The van der Waals surface area contributed by atoms with Crippen LogP contribution in [0.2, 0.25) is 0 Å². The number of hydrogen-bond donors (Lipinski definition) is 2. The van der Waals surface area contributed by atoms with Gasteiger partial charge in [0.2, 0.25) is 0 Å². The standard InChI is InChI=1S/C18H23N3O/c1-14-10-17(6-8-19-14)20-11-18(22)13-21-9-7-15-4-2-3-5-16(15)12-21/h2-6,8,10,18,22H,7,9,11-13H2,1H3,(H,19,20)/t18-/m0/s1. The molecule has 0 saturated carbocycles. The van der Waals surface area contributed by atoms with Crippen LogP contribution in [0, 0.1) is 6.92 Å². The van der Waals surface area contributed by atoms with Crippen LogP contribution in [0.15, 0.2) is 42.6 Å². The Labute approximate surface area is 131 Å². The molecule has 0 aliphatic carbocycles. The van der Waals surface area contributed by atoms with Gasteiger partial charge in [-0.05, 0) is 36.6 Å². The first-order chi connectivity index (χ1) is 10.7. The van der Waals surface area contributed by atoms with Gasteiger partial charge < -0.3 is 10.4 Å². The summed E-state index contributed by atoms with van der Waals surface area (Å²) < 4.78 is 0. The van der Waals surface area contributed by atoms with E-state index >= 15 is 0 Å². The van der Waals surface area contributed by atoms with Gasteiger partial charge in [-0.3, -0.25) is 9.88 Å². The zero-order chi connectivity index (χ0) is 15.4. The number of hydrogen-bond acceptors (Lipinski definition) is 4. The number of anilines is 1. The van der Waals surface area contributed by atoms with Crippen molar-refractivity contribution < 1.29 is 5.11 Å². The highest BCUT2D eigenvalue weighted by molar-refractivity contribution is 5.43. The largest absolute Gasteiger partial charge is 0.390 e. The van der Waals surface area contributed by atoms with Gasteiger partial charge in [-0.1, -0.05) is 24.3 Å². The number of aryl methyl sites for hydroxylation is 1. The number of benzene rings is 1. The number of nitrogens with one attached hydrogen (secondary N) is 1. The van der Waals surface area contributed by atoms with Crippen molar-refractivity contribution in [3.63, 3.8) is 0 Å². The Morgan fingerprint density at radius 2 is 2.09 bits per heavy atom. The molecule has 22 heavy (non-hydrogen) atoms. The molecule has 1 aliphatic heterocycles. The van der Waals surface area contributed by atoms with Gasteiger partial charge in [-0.15, -0.1) is 0 Å². The molecule has 4 nitrogen and oxygen atoms in total. The molecule has 0 bridgehead atoms. The fraction of sp³-hybridized carbons (Fsp3) is 0.389.